The Morgan fingerprint density at radius 1 is 0.161 bits per heavy atom. The van der Waals surface area contributed by atoms with Gasteiger partial charge < -0.3 is 41.2 Å². The van der Waals surface area contributed by atoms with Crippen LogP contribution in [-0.2, 0) is 0 Å². The molecule has 8 aromatic rings. The molecule has 0 saturated carbocycles. The van der Waals surface area contributed by atoms with Gasteiger partial charge in [-0.15, -0.1) is 0 Å². The molecule has 8 nitrogen and oxygen atoms in total. The summed E-state index contributed by atoms with van der Waals surface area (Å²) < 4.78 is 0. The number of aromatic amines is 4. The van der Waals surface area contributed by atoms with Crippen molar-refractivity contribution in [3.05, 3.63) is 80.4 Å². The van der Waals surface area contributed by atoms with E-state index in [1.54, 1.807) is 0 Å². The van der Waals surface area contributed by atoms with Crippen LogP contribution in [0.4, 0.5) is 46.5 Å². The Hall–Kier alpha value is -1.12. The fraction of sp³-hybridized carbons (Fsp3) is 0. The smallest absolute Gasteiger partial charge is 0.120 e. The molecule has 5 heterocycles. The average Bonchev–Trinajstić information content (AvgIpc) is 3.92. The highest BCUT2D eigenvalue weighted by atomic mass is 35.5. The molecule has 4 aromatic carbocycles. The number of hydrogen-bond acceptors (Lipinski definition) is 4. The minimum absolute atomic E-state index is 0.0171. The Bertz CT molecular complexity index is 2510. The summed E-state index contributed by atoms with van der Waals surface area (Å²) in [6, 6.07) is 0. The van der Waals surface area contributed by atoms with Gasteiger partial charge in [-0.1, -0.05) is 186 Å². The number of aromatic nitrogens is 4. The first-order valence-electron chi connectivity index (χ1n) is 15.0. The zero-order valence-corrected chi connectivity index (χ0v) is 38.1. The highest BCUT2D eigenvalue weighted by molar-refractivity contribution is 6.60. The monoisotopic (exact) mass is 1060 g/mol. The second-order valence-electron chi connectivity index (χ2n) is 12.0. The van der Waals surface area contributed by atoms with Crippen LogP contribution in [0.3, 0.4) is 0 Å². The van der Waals surface area contributed by atoms with E-state index in [1.807, 2.05) is 0 Å². The Labute approximate surface area is 392 Å². The van der Waals surface area contributed by atoms with Crippen LogP contribution in [0, 0.1) is 0 Å². The Balaban J connectivity index is 1.45. The summed E-state index contributed by atoms with van der Waals surface area (Å²) >= 11 is 108. The molecular formula is C32H8Cl16N8. The molecule has 1 aliphatic heterocycles. The van der Waals surface area contributed by atoms with Gasteiger partial charge in [0.15, 0.2) is 0 Å². The van der Waals surface area contributed by atoms with E-state index in [2.05, 4.69) is 41.2 Å². The lowest BCUT2D eigenvalue weighted by Gasteiger charge is -2.10. The molecule has 1 aliphatic rings. The molecule has 0 aliphatic carbocycles. The molecule has 0 spiro atoms. The number of nitrogens with one attached hydrogen (secondary N) is 8. The van der Waals surface area contributed by atoms with Crippen molar-refractivity contribution in [2.75, 3.05) is 21.3 Å². The highest BCUT2D eigenvalue weighted by Crippen LogP contribution is 2.56. The van der Waals surface area contributed by atoms with Crippen molar-refractivity contribution in [1.29, 1.82) is 0 Å². The average molecular weight is 1070 g/mol. The first kappa shape index (κ1) is 40.3. The molecule has 0 fully saturated rings. The van der Waals surface area contributed by atoms with Crippen LogP contribution in [0.5, 0.6) is 0 Å². The van der Waals surface area contributed by atoms with Gasteiger partial charge in [-0.05, 0) is 0 Å². The molecule has 24 heteroatoms. The van der Waals surface area contributed by atoms with Crippen LogP contribution in [0.25, 0.3) is 43.1 Å². The van der Waals surface area contributed by atoms with Gasteiger partial charge in [-0.3, -0.25) is 0 Å². The SMILES string of the molecule is Clc1c(Cl)c(Cl)c2c3[nH]c(c2c1Cl)Nc1[nH]c(c2c(Cl)c(Cl)c(Cl)c(Cl)c12)Nc1[nH]c(c2c(Cl)c(Cl)c(Cl)c(Cl)c12)Nc1[nH]c(c2c(Cl)c(Cl)c(Cl)c(Cl)c12)N3. The van der Waals surface area contributed by atoms with Crippen molar-refractivity contribution in [1.82, 2.24) is 19.9 Å². The highest BCUT2D eigenvalue weighted by Gasteiger charge is 2.31. The molecule has 9 rings (SSSR count). The van der Waals surface area contributed by atoms with Crippen molar-refractivity contribution >= 4 is 275 Å². The predicted octanol–water partition coefficient (Wildman–Crippen LogP) is 19.4. The molecule has 288 valence electrons. The summed E-state index contributed by atoms with van der Waals surface area (Å²) in [5.41, 5.74) is 0. The third-order valence-corrected chi connectivity index (χ3v) is 16.3. The Morgan fingerprint density at radius 3 is 0.375 bits per heavy atom. The fourth-order valence-electron chi connectivity index (χ4n) is 6.65. The number of rotatable bonds is 0. The molecule has 0 radical (unpaired) electrons. The Kier molecular flexibility index (Phi) is 10.2. The third-order valence-electron chi connectivity index (χ3n) is 9.07. The maximum atomic E-state index is 6.91. The summed E-state index contributed by atoms with van der Waals surface area (Å²) in [4.78, 5) is 13.1. The summed E-state index contributed by atoms with van der Waals surface area (Å²) in [7, 11) is 0. The second kappa shape index (κ2) is 14.2. The van der Waals surface area contributed by atoms with Gasteiger partial charge in [-0.25, -0.2) is 0 Å². The van der Waals surface area contributed by atoms with E-state index in [9.17, 15) is 0 Å². The molecular weight excluding hydrogens is 1060 g/mol. The van der Waals surface area contributed by atoms with Crippen LogP contribution in [0.15, 0.2) is 0 Å². The van der Waals surface area contributed by atoms with E-state index in [-0.39, 0.29) is 127 Å². The van der Waals surface area contributed by atoms with Crippen molar-refractivity contribution < 1.29 is 0 Å². The largest absolute Gasteiger partial charge is 0.327 e. The van der Waals surface area contributed by atoms with E-state index in [1.165, 1.54) is 0 Å². The number of benzene rings is 4. The molecule has 0 amide bonds. The van der Waals surface area contributed by atoms with Crippen molar-refractivity contribution in [3.8, 4) is 0 Å². The van der Waals surface area contributed by atoms with Crippen LogP contribution in [0.1, 0.15) is 0 Å². The van der Waals surface area contributed by atoms with E-state index >= 15 is 0 Å². The molecule has 8 bridgehead atoms. The molecule has 4 aromatic heterocycles. The molecule has 0 atom stereocenters. The molecule has 8 N–H and O–H groups in total. The third kappa shape index (κ3) is 5.64. The minimum atomic E-state index is -0.0171. The number of halogens is 16. The topological polar surface area (TPSA) is 111 Å². The fourth-order valence-corrected chi connectivity index (χ4v) is 10.8. The van der Waals surface area contributed by atoms with Crippen LogP contribution < -0.4 is 21.3 Å². The molecule has 0 unspecified atom stereocenters. The zero-order chi connectivity index (χ0) is 40.1. The number of H-pyrrole nitrogens is 4. The number of hydrogen-bond donors (Lipinski definition) is 8. The summed E-state index contributed by atoms with van der Waals surface area (Å²) in [5, 5.41) is 15.9. The van der Waals surface area contributed by atoms with Crippen molar-refractivity contribution in [2.24, 2.45) is 0 Å². The molecule has 56 heavy (non-hydrogen) atoms. The van der Waals surface area contributed by atoms with Crippen LogP contribution in [0.2, 0.25) is 80.4 Å². The predicted molar refractivity (Wildman–Crippen MR) is 246 cm³/mol. The van der Waals surface area contributed by atoms with E-state index in [0.29, 0.717) is 43.1 Å². The molecule has 0 saturated heterocycles. The van der Waals surface area contributed by atoms with E-state index in [0.717, 1.165) is 0 Å². The lowest BCUT2D eigenvalue weighted by atomic mass is 10.1. The van der Waals surface area contributed by atoms with Crippen molar-refractivity contribution in [3.63, 3.8) is 0 Å². The van der Waals surface area contributed by atoms with E-state index < -0.39 is 0 Å². The first-order chi connectivity index (χ1) is 26.4. The standard InChI is InChI=1S/C32H8Cl16N8/c33-9-1-2(10(34)18(42)17(9)41)26-49-25(1)53-27-3-4(12(36)20(44)19(43)11(3)35)29(50-27)55-31-7-8(16(40)24(48)23(47)15(7)39)32(52-31)56-30-6-5(28(51-30)54-26)13(37)21(45)22(46)14(6)38/h49-56H. The van der Waals surface area contributed by atoms with Gasteiger partial charge in [0, 0.05) is 43.1 Å². The minimum Gasteiger partial charge on any atom is -0.327 e. The van der Waals surface area contributed by atoms with Crippen molar-refractivity contribution in [2.45, 2.75) is 0 Å². The lowest BCUT2D eigenvalue weighted by Crippen LogP contribution is -1.97. The van der Waals surface area contributed by atoms with Gasteiger partial charge in [0.05, 0.1) is 80.4 Å². The van der Waals surface area contributed by atoms with Gasteiger partial charge in [0.2, 0.25) is 0 Å². The quantitative estimate of drug-likeness (QED) is 0.0571. The Morgan fingerprint density at radius 2 is 0.268 bits per heavy atom. The lowest BCUT2D eigenvalue weighted by molar-refractivity contribution is 1.28. The van der Waals surface area contributed by atoms with E-state index in [4.69, 9.17) is 186 Å². The summed E-state index contributed by atoms with van der Waals surface area (Å²) in [6.45, 7) is 0. The second-order valence-corrected chi connectivity index (χ2v) is 18.1. The summed E-state index contributed by atoms with van der Waals surface area (Å²) in [5.74, 6) is 1.97. The number of anilines is 8. The zero-order valence-electron chi connectivity index (χ0n) is 26.0. The maximum Gasteiger partial charge on any atom is 0.120 e. The van der Waals surface area contributed by atoms with Crippen LogP contribution >= 0.6 is 186 Å². The first-order valence-corrected chi connectivity index (χ1v) is 21.1. The number of fused-ring (bicyclic) bond motifs is 20. The van der Waals surface area contributed by atoms with Gasteiger partial charge in [-0.2, -0.15) is 0 Å². The van der Waals surface area contributed by atoms with Gasteiger partial charge >= 0.3 is 0 Å². The van der Waals surface area contributed by atoms with Gasteiger partial charge in [0.1, 0.15) is 46.5 Å². The maximum absolute atomic E-state index is 6.91. The summed E-state index contributed by atoms with van der Waals surface area (Å²) in [6.07, 6.45) is 0. The van der Waals surface area contributed by atoms with Crippen LogP contribution in [-0.4, -0.2) is 19.9 Å². The van der Waals surface area contributed by atoms with Gasteiger partial charge in [0.25, 0.3) is 0 Å². The normalized spacial score (nSPS) is 12.9.